The summed E-state index contributed by atoms with van der Waals surface area (Å²) < 4.78 is 5.03. The quantitative estimate of drug-likeness (QED) is 0.768. The molecule has 0 amide bonds. The Hall–Kier alpha value is -0.280. The standard InChI is InChI=1S/C15H21Cl2NO/c1-19-10-9-18-8-7-15(5-2-6-15)12-3-4-13(16)14(17)11-12/h3-4,11,18H,2,5-10H2,1H3. The van der Waals surface area contributed by atoms with E-state index in [9.17, 15) is 0 Å². The lowest BCUT2D eigenvalue weighted by Gasteiger charge is -2.43. The number of hydrogen-bond donors (Lipinski definition) is 1. The number of ether oxygens (including phenoxy) is 1. The van der Waals surface area contributed by atoms with Crippen LogP contribution >= 0.6 is 23.2 Å². The SMILES string of the molecule is COCCNCCC1(c2ccc(Cl)c(Cl)c2)CCC1. The molecule has 0 aromatic heterocycles. The van der Waals surface area contributed by atoms with E-state index in [-0.39, 0.29) is 0 Å². The summed E-state index contributed by atoms with van der Waals surface area (Å²) in [5, 5.41) is 4.72. The smallest absolute Gasteiger partial charge is 0.0595 e. The average molecular weight is 302 g/mol. The van der Waals surface area contributed by atoms with E-state index in [1.165, 1.54) is 24.8 Å². The van der Waals surface area contributed by atoms with Crippen molar-refractivity contribution in [2.75, 3.05) is 26.8 Å². The fraction of sp³-hybridized carbons (Fsp3) is 0.600. The van der Waals surface area contributed by atoms with Gasteiger partial charge in [0.25, 0.3) is 0 Å². The largest absolute Gasteiger partial charge is 0.383 e. The van der Waals surface area contributed by atoms with E-state index >= 15 is 0 Å². The van der Waals surface area contributed by atoms with Crippen LogP contribution in [0.2, 0.25) is 10.0 Å². The molecule has 1 saturated carbocycles. The van der Waals surface area contributed by atoms with E-state index in [0.717, 1.165) is 26.1 Å². The number of halogens is 2. The zero-order chi connectivity index (χ0) is 13.7. The molecule has 1 aliphatic rings. The minimum Gasteiger partial charge on any atom is -0.383 e. The summed E-state index contributed by atoms with van der Waals surface area (Å²) in [5.41, 5.74) is 1.63. The number of rotatable bonds is 7. The van der Waals surface area contributed by atoms with E-state index in [0.29, 0.717) is 15.5 Å². The van der Waals surface area contributed by atoms with Crippen LogP contribution in [-0.2, 0) is 10.2 Å². The number of nitrogens with one attached hydrogen (secondary N) is 1. The van der Waals surface area contributed by atoms with Gasteiger partial charge >= 0.3 is 0 Å². The molecule has 0 saturated heterocycles. The van der Waals surface area contributed by atoms with Gasteiger partial charge in [-0.3, -0.25) is 0 Å². The van der Waals surface area contributed by atoms with Gasteiger partial charge in [0, 0.05) is 13.7 Å². The summed E-state index contributed by atoms with van der Waals surface area (Å²) in [7, 11) is 1.73. The van der Waals surface area contributed by atoms with Gasteiger partial charge in [0.15, 0.2) is 0 Å². The highest BCUT2D eigenvalue weighted by atomic mass is 35.5. The fourth-order valence-electron chi connectivity index (χ4n) is 2.74. The second-order valence-corrected chi connectivity index (χ2v) is 6.07. The van der Waals surface area contributed by atoms with Crippen molar-refractivity contribution in [3.8, 4) is 0 Å². The maximum atomic E-state index is 6.14. The minimum absolute atomic E-state index is 0.300. The first-order valence-corrected chi connectivity index (χ1v) is 7.59. The molecule has 0 unspecified atom stereocenters. The average Bonchev–Trinajstić information content (AvgIpc) is 2.35. The van der Waals surface area contributed by atoms with Gasteiger partial charge in [-0.15, -0.1) is 0 Å². The second kappa shape index (κ2) is 6.94. The molecule has 0 atom stereocenters. The van der Waals surface area contributed by atoms with Crippen LogP contribution in [0.4, 0.5) is 0 Å². The van der Waals surface area contributed by atoms with Crippen LogP contribution in [0.3, 0.4) is 0 Å². The monoisotopic (exact) mass is 301 g/mol. The maximum absolute atomic E-state index is 6.14. The highest BCUT2D eigenvalue weighted by molar-refractivity contribution is 6.42. The Bertz CT molecular complexity index is 419. The fourth-order valence-corrected chi connectivity index (χ4v) is 3.04. The van der Waals surface area contributed by atoms with Crippen LogP contribution in [0.15, 0.2) is 18.2 Å². The molecule has 0 spiro atoms. The molecule has 0 aliphatic heterocycles. The molecule has 0 heterocycles. The summed E-state index contributed by atoms with van der Waals surface area (Å²) in [6.45, 7) is 2.69. The van der Waals surface area contributed by atoms with Crippen LogP contribution in [0.25, 0.3) is 0 Å². The summed E-state index contributed by atoms with van der Waals surface area (Å²) in [6, 6.07) is 6.08. The first-order valence-electron chi connectivity index (χ1n) is 6.83. The van der Waals surface area contributed by atoms with Crippen LogP contribution in [-0.4, -0.2) is 26.8 Å². The third-order valence-corrected chi connectivity index (χ3v) is 4.84. The van der Waals surface area contributed by atoms with Crippen molar-refractivity contribution >= 4 is 23.2 Å². The van der Waals surface area contributed by atoms with Gasteiger partial charge in [-0.05, 0) is 48.9 Å². The molecule has 2 nitrogen and oxygen atoms in total. The van der Waals surface area contributed by atoms with Crippen LogP contribution < -0.4 is 5.32 Å². The molecule has 0 bridgehead atoms. The third-order valence-electron chi connectivity index (χ3n) is 4.11. The minimum atomic E-state index is 0.300. The van der Waals surface area contributed by atoms with Gasteiger partial charge in [0.2, 0.25) is 0 Å². The van der Waals surface area contributed by atoms with Crippen molar-refractivity contribution in [2.24, 2.45) is 0 Å². The van der Waals surface area contributed by atoms with E-state index in [1.54, 1.807) is 7.11 Å². The van der Waals surface area contributed by atoms with Crippen molar-refractivity contribution in [3.63, 3.8) is 0 Å². The van der Waals surface area contributed by atoms with E-state index in [1.807, 2.05) is 12.1 Å². The molecule has 106 valence electrons. The molecule has 1 aliphatic carbocycles. The first kappa shape index (κ1) is 15.1. The van der Waals surface area contributed by atoms with E-state index in [2.05, 4.69) is 11.4 Å². The number of methoxy groups -OCH3 is 1. The van der Waals surface area contributed by atoms with Crippen LogP contribution in [0.5, 0.6) is 0 Å². The second-order valence-electron chi connectivity index (χ2n) is 5.26. The lowest BCUT2D eigenvalue weighted by molar-refractivity contribution is 0.191. The summed E-state index contributed by atoms with van der Waals surface area (Å²) in [5.74, 6) is 0. The molecular weight excluding hydrogens is 281 g/mol. The molecule has 0 radical (unpaired) electrons. The normalized spacial score (nSPS) is 17.2. The highest BCUT2D eigenvalue weighted by Crippen LogP contribution is 2.47. The lowest BCUT2D eigenvalue weighted by atomic mass is 9.62. The van der Waals surface area contributed by atoms with Crippen LogP contribution in [0, 0.1) is 0 Å². The van der Waals surface area contributed by atoms with E-state index in [4.69, 9.17) is 27.9 Å². The Balaban J connectivity index is 1.95. The van der Waals surface area contributed by atoms with E-state index < -0.39 is 0 Å². The van der Waals surface area contributed by atoms with Gasteiger partial charge in [-0.2, -0.15) is 0 Å². The maximum Gasteiger partial charge on any atom is 0.0595 e. The molecule has 1 aromatic rings. The summed E-state index contributed by atoms with van der Waals surface area (Å²) >= 11 is 12.1. The van der Waals surface area contributed by atoms with Gasteiger partial charge in [0.05, 0.1) is 16.7 Å². The highest BCUT2D eigenvalue weighted by Gasteiger charge is 2.38. The Morgan fingerprint density at radius 1 is 1.21 bits per heavy atom. The van der Waals surface area contributed by atoms with Crippen molar-refractivity contribution in [3.05, 3.63) is 33.8 Å². The Kier molecular flexibility index (Phi) is 5.52. The third kappa shape index (κ3) is 3.63. The zero-order valence-electron chi connectivity index (χ0n) is 11.3. The summed E-state index contributed by atoms with van der Waals surface area (Å²) in [4.78, 5) is 0. The number of hydrogen-bond acceptors (Lipinski definition) is 2. The van der Waals surface area contributed by atoms with Crippen molar-refractivity contribution in [2.45, 2.75) is 31.1 Å². The van der Waals surface area contributed by atoms with Gasteiger partial charge in [-0.1, -0.05) is 35.7 Å². The van der Waals surface area contributed by atoms with Crippen molar-refractivity contribution in [1.29, 1.82) is 0 Å². The Morgan fingerprint density at radius 2 is 2.00 bits per heavy atom. The molecule has 1 aromatic carbocycles. The van der Waals surface area contributed by atoms with Crippen molar-refractivity contribution < 1.29 is 4.74 Å². The van der Waals surface area contributed by atoms with Gasteiger partial charge < -0.3 is 10.1 Å². The molecule has 4 heteroatoms. The Labute approximate surface area is 125 Å². The molecule has 19 heavy (non-hydrogen) atoms. The lowest BCUT2D eigenvalue weighted by Crippen LogP contribution is -2.37. The molecule has 2 rings (SSSR count). The predicted molar refractivity (Wildman–Crippen MR) is 81.4 cm³/mol. The first-order chi connectivity index (χ1) is 9.18. The molecule has 1 N–H and O–H groups in total. The Morgan fingerprint density at radius 3 is 2.58 bits per heavy atom. The van der Waals surface area contributed by atoms with Gasteiger partial charge in [0.1, 0.15) is 0 Å². The zero-order valence-corrected chi connectivity index (χ0v) is 12.9. The molecule has 1 fully saturated rings. The molecular formula is C15H21Cl2NO. The van der Waals surface area contributed by atoms with Gasteiger partial charge in [-0.25, -0.2) is 0 Å². The topological polar surface area (TPSA) is 21.3 Å². The van der Waals surface area contributed by atoms with Crippen molar-refractivity contribution in [1.82, 2.24) is 5.32 Å². The summed E-state index contributed by atoms with van der Waals surface area (Å²) in [6.07, 6.45) is 4.95. The number of benzene rings is 1. The van der Waals surface area contributed by atoms with Crippen LogP contribution in [0.1, 0.15) is 31.2 Å². The predicted octanol–water partition coefficient (Wildman–Crippen LogP) is 4.04.